The molecule has 0 bridgehead atoms. The van der Waals surface area contributed by atoms with E-state index in [0.29, 0.717) is 19.4 Å². The van der Waals surface area contributed by atoms with Crippen molar-refractivity contribution in [2.45, 2.75) is 43.2 Å². The molecule has 1 aliphatic heterocycles. The van der Waals surface area contributed by atoms with Crippen molar-refractivity contribution in [3.8, 4) is 0 Å². The molecule has 2 atom stereocenters. The Labute approximate surface area is 146 Å². The number of nitro groups is 1. The van der Waals surface area contributed by atoms with Crippen LogP contribution in [0.15, 0.2) is 23.1 Å². The standard InChI is InChI=1S/C13H18ClN3O4S.ClH/c1-9(15)11-4-2-3-7-16(11)22(20,21)13-8-10(14)5-6-12(13)17(18)19;/h5-6,8-9,11H,2-4,7,15H2,1H3;1H. The van der Waals surface area contributed by atoms with Gasteiger partial charge in [0.15, 0.2) is 4.90 Å². The molecule has 0 spiro atoms. The molecular weight excluding hydrogens is 365 g/mol. The fraction of sp³-hybridized carbons (Fsp3) is 0.538. The minimum absolute atomic E-state index is 0. The van der Waals surface area contributed by atoms with Gasteiger partial charge in [0.1, 0.15) is 0 Å². The Morgan fingerprint density at radius 1 is 1.43 bits per heavy atom. The number of benzene rings is 1. The van der Waals surface area contributed by atoms with E-state index in [9.17, 15) is 18.5 Å². The molecule has 2 N–H and O–H groups in total. The summed E-state index contributed by atoms with van der Waals surface area (Å²) >= 11 is 5.84. The van der Waals surface area contributed by atoms with Crippen molar-refractivity contribution in [1.82, 2.24) is 4.31 Å². The van der Waals surface area contributed by atoms with Gasteiger partial charge in [-0.15, -0.1) is 12.4 Å². The number of nitro benzene ring substituents is 1. The first-order valence-corrected chi connectivity index (χ1v) is 8.78. The quantitative estimate of drug-likeness (QED) is 0.634. The Hall–Kier alpha value is -0.930. The van der Waals surface area contributed by atoms with Crippen molar-refractivity contribution in [3.63, 3.8) is 0 Å². The molecule has 0 radical (unpaired) electrons. The van der Waals surface area contributed by atoms with Crippen LogP contribution < -0.4 is 5.73 Å². The fourth-order valence-corrected chi connectivity index (χ4v) is 4.92. The Morgan fingerprint density at radius 3 is 2.65 bits per heavy atom. The van der Waals surface area contributed by atoms with Gasteiger partial charge in [-0.2, -0.15) is 4.31 Å². The zero-order chi connectivity index (χ0) is 16.5. The molecule has 1 fully saturated rings. The maximum absolute atomic E-state index is 12.9. The first kappa shape index (κ1) is 20.1. The molecule has 0 aromatic heterocycles. The summed E-state index contributed by atoms with van der Waals surface area (Å²) in [7, 11) is -4.03. The molecule has 23 heavy (non-hydrogen) atoms. The second-order valence-electron chi connectivity index (χ2n) is 5.41. The predicted octanol–water partition coefficient (Wildman–Crippen LogP) is 2.56. The average Bonchev–Trinajstić information content (AvgIpc) is 2.46. The average molecular weight is 384 g/mol. The normalized spacial score (nSPS) is 20.6. The number of nitrogens with zero attached hydrogens (tertiary/aromatic N) is 2. The lowest BCUT2D eigenvalue weighted by atomic mass is 10.00. The Bertz CT molecular complexity index is 682. The second kappa shape index (κ2) is 7.76. The maximum Gasteiger partial charge on any atom is 0.289 e. The molecule has 2 rings (SSSR count). The van der Waals surface area contributed by atoms with Gasteiger partial charge < -0.3 is 5.73 Å². The Kier molecular flexibility index (Phi) is 6.79. The third-order valence-corrected chi connectivity index (χ3v) is 6.00. The number of hydrogen-bond acceptors (Lipinski definition) is 5. The molecule has 0 saturated carbocycles. The number of sulfonamides is 1. The topological polar surface area (TPSA) is 107 Å². The predicted molar refractivity (Wildman–Crippen MR) is 90.5 cm³/mol. The van der Waals surface area contributed by atoms with Crippen LogP contribution in [-0.4, -0.2) is 36.3 Å². The van der Waals surface area contributed by atoms with E-state index in [1.54, 1.807) is 6.92 Å². The van der Waals surface area contributed by atoms with Gasteiger partial charge in [-0.25, -0.2) is 8.42 Å². The van der Waals surface area contributed by atoms with Crippen LogP contribution in [0.3, 0.4) is 0 Å². The van der Waals surface area contributed by atoms with E-state index in [1.165, 1.54) is 10.4 Å². The molecule has 0 aliphatic carbocycles. The van der Waals surface area contributed by atoms with Gasteiger partial charge in [0.05, 0.1) is 4.92 Å². The van der Waals surface area contributed by atoms with Gasteiger partial charge in [0, 0.05) is 29.7 Å². The van der Waals surface area contributed by atoms with E-state index in [0.717, 1.165) is 18.6 Å². The van der Waals surface area contributed by atoms with E-state index >= 15 is 0 Å². The van der Waals surface area contributed by atoms with Crippen molar-refractivity contribution in [2.24, 2.45) is 5.73 Å². The highest BCUT2D eigenvalue weighted by Gasteiger charge is 2.38. The van der Waals surface area contributed by atoms with Gasteiger partial charge in [0.25, 0.3) is 5.69 Å². The van der Waals surface area contributed by atoms with Gasteiger partial charge in [-0.05, 0) is 31.9 Å². The van der Waals surface area contributed by atoms with Crippen LogP contribution in [0.4, 0.5) is 5.69 Å². The monoisotopic (exact) mass is 383 g/mol. The van der Waals surface area contributed by atoms with Crippen molar-refractivity contribution in [2.75, 3.05) is 6.54 Å². The molecule has 2 unspecified atom stereocenters. The summed E-state index contributed by atoms with van der Waals surface area (Å²) in [6.07, 6.45) is 2.23. The lowest BCUT2D eigenvalue weighted by molar-refractivity contribution is -0.387. The number of piperidine rings is 1. The summed E-state index contributed by atoms with van der Waals surface area (Å²) in [4.78, 5) is 10.0. The van der Waals surface area contributed by atoms with Crippen molar-refractivity contribution < 1.29 is 13.3 Å². The highest BCUT2D eigenvalue weighted by Crippen LogP contribution is 2.33. The summed E-state index contributed by atoms with van der Waals surface area (Å²) < 4.78 is 27.1. The van der Waals surface area contributed by atoms with Crippen LogP contribution >= 0.6 is 24.0 Å². The van der Waals surface area contributed by atoms with Crippen molar-refractivity contribution in [1.29, 1.82) is 0 Å². The van der Waals surface area contributed by atoms with Gasteiger partial charge >= 0.3 is 0 Å². The van der Waals surface area contributed by atoms with E-state index < -0.39 is 20.6 Å². The first-order chi connectivity index (χ1) is 10.2. The number of rotatable bonds is 4. The summed E-state index contributed by atoms with van der Waals surface area (Å²) in [6, 6.07) is 2.82. The molecule has 10 heteroatoms. The molecule has 1 aliphatic rings. The van der Waals surface area contributed by atoms with Crippen LogP contribution in [0.2, 0.25) is 5.02 Å². The van der Waals surface area contributed by atoms with Gasteiger partial charge in [0.2, 0.25) is 10.0 Å². The molecule has 1 saturated heterocycles. The van der Waals surface area contributed by atoms with E-state index in [1.807, 2.05) is 0 Å². The molecular formula is C13H19Cl2N3O4S. The highest BCUT2D eigenvalue weighted by atomic mass is 35.5. The van der Waals surface area contributed by atoms with Crippen LogP contribution in [-0.2, 0) is 10.0 Å². The van der Waals surface area contributed by atoms with E-state index in [2.05, 4.69) is 0 Å². The summed E-state index contributed by atoms with van der Waals surface area (Å²) in [6.45, 7) is 2.04. The zero-order valence-electron chi connectivity index (χ0n) is 12.5. The third kappa shape index (κ3) is 4.13. The number of nitrogens with two attached hydrogens (primary N) is 1. The summed E-state index contributed by atoms with van der Waals surface area (Å²) in [5, 5.41) is 11.3. The number of hydrogen-bond donors (Lipinski definition) is 1. The third-order valence-electron chi connectivity index (χ3n) is 3.81. The molecule has 1 aromatic rings. The smallest absolute Gasteiger partial charge is 0.289 e. The highest BCUT2D eigenvalue weighted by molar-refractivity contribution is 7.89. The second-order valence-corrected chi connectivity index (χ2v) is 7.70. The van der Waals surface area contributed by atoms with E-state index in [-0.39, 0.29) is 34.4 Å². The summed E-state index contributed by atoms with van der Waals surface area (Å²) in [5.41, 5.74) is 5.42. The summed E-state index contributed by atoms with van der Waals surface area (Å²) in [5.74, 6) is 0. The van der Waals surface area contributed by atoms with Crippen molar-refractivity contribution >= 4 is 39.7 Å². The first-order valence-electron chi connectivity index (χ1n) is 6.96. The lowest BCUT2D eigenvalue weighted by Gasteiger charge is -2.36. The van der Waals surface area contributed by atoms with Gasteiger partial charge in [-0.1, -0.05) is 18.0 Å². The van der Waals surface area contributed by atoms with Crippen LogP contribution in [0.1, 0.15) is 26.2 Å². The maximum atomic E-state index is 12.9. The van der Waals surface area contributed by atoms with Crippen LogP contribution in [0.5, 0.6) is 0 Å². The van der Waals surface area contributed by atoms with Crippen LogP contribution in [0, 0.1) is 10.1 Å². The molecule has 0 amide bonds. The molecule has 130 valence electrons. The molecule has 1 aromatic carbocycles. The SMILES string of the molecule is CC(N)C1CCCCN1S(=O)(=O)c1cc(Cl)ccc1[N+](=O)[O-].Cl. The Morgan fingerprint density at radius 2 is 2.09 bits per heavy atom. The minimum Gasteiger partial charge on any atom is -0.326 e. The van der Waals surface area contributed by atoms with Crippen molar-refractivity contribution in [3.05, 3.63) is 33.3 Å². The lowest BCUT2D eigenvalue weighted by Crippen LogP contribution is -2.51. The largest absolute Gasteiger partial charge is 0.326 e. The zero-order valence-corrected chi connectivity index (χ0v) is 14.9. The molecule has 1 heterocycles. The van der Waals surface area contributed by atoms with E-state index in [4.69, 9.17) is 17.3 Å². The fourth-order valence-electron chi connectivity index (χ4n) is 2.73. The van der Waals surface area contributed by atoms with Crippen LogP contribution in [0.25, 0.3) is 0 Å². The Balaban J connectivity index is 0.00000264. The minimum atomic E-state index is -4.03. The molecule has 7 nitrogen and oxygen atoms in total. The number of halogens is 2. The van der Waals surface area contributed by atoms with Gasteiger partial charge in [-0.3, -0.25) is 10.1 Å².